The van der Waals surface area contributed by atoms with Crippen molar-refractivity contribution in [3.8, 4) is 0 Å². The Morgan fingerprint density at radius 1 is 1.17 bits per heavy atom. The van der Waals surface area contributed by atoms with Crippen molar-refractivity contribution in [1.29, 1.82) is 0 Å². The largest absolute Gasteiger partial charge is 0.440 e. The molecule has 0 unspecified atom stereocenters. The Morgan fingerprint density at radius 3 is 2.58 bits per heavy atom. The van der Waals surface area contributed by atoms with E-state index in [1.165, 1.54) is 4.31 Å². The number of hydrogen-bond donors (Lipinski definition) is 0. The molecule has 2 aromatic heterocycles. The van der Waals surface area contributed by atoms with E-state index >= 15 is 0 Å². The van der Waals surface area contributed by atoms with Gasteiger partial charge in [0, 0.05) is 19.0 Å². The molecule has 5 nitrogen and oxygen atoms in total. The van der Waals surface area contributed by atoms with Gasteiger partial charge in [-0.1, -0.05) is 23.7 Å². The smallest absolute Gasteiger partial charge is 0.252 e. The molecule has 0 atom stereocenters. The van der Waals surface area contributed by atoms with Crippen LogP contribution < -0.4 is 0 Å². The van der Waals surface area contributed by atoms with Gasteiger partial charge in [0.05, 0.1) is 4.34 Å². The van der Waals surface area contributed by atoms with Gasteiger partial charge in [-0.3, -0.25) is 0 Å². The molecule has 8 heteroatoms. The lowest BCUT2D eigenvalue weighted by atomic mass is 9.98. The predicted molar refractivity (Wildman–Crippen MR) is 94.1 cm³/mol. The molecular weight excluding hydrogens is 368 g/mol. The van der Waals surface area contributed by atoms with E-state index in [1.807, 2.05) is 24.3 Å². The zero-order chi connectivity index (χ0) is 16.7. The lowest BCUT2D eigenvalue weighted by molar-refractivity contribution is 0.294. The van der Waals surface area contributed by atoms with Crippen LogP contribution in [0.4, 0.5) is 0 Å². The number of halogens is 1. The van der Waals surface area contributed by atoms with Gasteiger partial charge in [-0.2, -0.15) is 4.31 Å². The van der Waals surface area contributed by atoms with Crippen molar-refractivity contribution < 1.29 is 12.8 Å². The summed E-state index contributed by atoms with van der Waals surface area (Å²) in [5, 5.41) is 0. The molecule has 0 N–H and O–H groups in total. The Morgan fingerprint density at radius 2 is 1.92 bits per heavy atom. The van der Waals surface area contributed by atoms with Gasteiger partial charge in [-0.25, -0.2) is 13.4 Å². The first kappa shape index (κ1) is 16.1. The van der Waals surface area contributed by atoms with E-state index in [4.69, 9.17) is 16.0 Å². The van der Waals surface area contributed by atoms with Gasteiger partial charge in [0.2, 0.25) is 0 Å². The lowest BCUT2D eigenvalue weighted by Crippen LogP contribution is -2.37. The van der Waals surface area contributed by atoms with Gasteiger partial charge < -0.3 is 4.42 Å². The van der Waals surface area contributed by atoms with Crippen LogP contribution in [-0.2, 0) is 10.0 Å². The first-order valence-corrected chi connectivity index (χ1v) is 10.3. The monoisotopic (exact) mass is 382 g/mol. The Bertz CT molecular complexity index is 939. The average molecular weight is 383 g/mol. The number of para-hydroxylation sites is 2. The van der Waals surface area contributed by atoms with Crippen LogP contribution in [0, 0.1) is 0 Å². The number of fused-ring (bicyclic) bond motifs is 1. The van der Waals surface area contributed by atoms with Crippen molar-refractivity contribution in [2.75, 3.05) is 13.1 Å². The minimum atomic E-state index is -3.46. The summed E-state index contributed by atoms with van der Waals surface area (Å²) in [5.41, 5.74) is 1.62. The molecule has 0 amide bonds. The molecule has 1 aliphatic rings. The number of rotatable bonds is 3. The van der Waals surface area contributed by atoms with Crippen LogP contribution in [-0.4, -0.2) is 30.8 Å². The van der Waals surface area contributed by atoms with E-state index in [0.717, 1.165) is 22.4 Å². The molecular formula is C16H15ClN2O3S2. The molecule has 4 rings (SSSR count). The number of sulfonamides is 1. The molecule has 1 aromatic carbocycles. The van der Waals surface area contributed by atoms with Crippen LogP contribution in [0.2, 0.25) is 4.34 Å². The predicted octanol–water partition coefficient (Wildman–Crippen LogP) is 4.11. The molecule has 1 aliphatic heterocycles. The third-order valence-corrected chi connectivity index (χ3v) is 7.85. The van der Waals surface area contributed by atoms with Crippen molar-refractivity contribution in [2.45, 2.75) is 23.0 Å². The summed E-state index contributed by atoms with van der Waals surface area (Å²) >= 11 is 6.96. The van der Waals surface area contributed by atoms with Crippen LogP contribution >= 0.6 is 22.9 Å². The zero-order valence-corrected chi connectivity index (χ0v) is 15.1. The highest BCUT2D eigenvalue weighted by atomic mass is 35.5. The number of hydrogen-bond acceptors (Lipinski definition) is 5. The second-order valence-corrected chi connectivity index (χ2v) is 9.64. The Hall–Kier alpha value is -1.41. The van der Waals surface area contributed by atoms with Crippen LogP contribution in [0.15, 0.2) is 45.0 Å². The number of piperidine rings is 1. The maximum Gasteiger partial charge on any atom is 0.252 e. The third-order valence-electron chi connectivity index (χ3n) is 4.26. The van der Waals surface area contributed by atoms with Gasteiger partial charge in [0.15, 0.2) is 11.5 Å². The van der Waals surface area contributed by atoms with E-state index in [1.54, 1.807) is 12.1 Å². The Kier molecular flexibility index (Phi) is 4.12. The van der Waals surface area contributed by atoms with E-state index in [9.17, 15) is 8.42 Å². The van der Waals surface area contributed by atoms with Crippen LogP contribution in [0.25, 0.3) is 11.1 Å². The van der Waals surface area contributed by atoms with E-state index in [-0.39, 0.29) is 5.92 Å². The first-order valence-electron chi connectivity index (χ1n) is 7.65. The first-order chi connectivity index (χ1) is 11.5. The summed E-state index contributed by atoms with van der Waals surface area (Å²) in [5.74, 6) is 0.850. The highest BCUT2D eigenvalue weighted by Gasteiger charge is 2.32. The van der Waals surface area contributed by atoms with Gasteiger partial charge in [0.1, 0.15) is 9.73 Å². The second kappa shape index (κ2) is 6.15. The quantitative estimate of drug-likeness (QED) is 0.683. The van der Waals surface area contributed by atoms with Crippen molar-refractivity contribution in [3.05, 3.63) is 46.6 Å². The van der Waals surface area contributed by atoms with E-state index in [0.29, 0.717) is 40.4 Å². The number of oxazole rings is 1. The fraction of sp³-hybridized carbons (Fsp3) is 0.312. The maximum absolute atomic E-state index is 12.6. The lowest BCUT2D eigenvalue weighted by Gasteiger charge is -2.29. The molecule has 0 saturated carbocycles. The molecule has 0 bridgehead atoms. The third kappa shape index (κ3) is 2.86. The summed E-state index contributed by atoms with van der Waals surface area (Å²) in [7, 11) is -3.46. The topological polar surface area (TPSA) is 63.4 Å². The highest BCUT2D eigenvalue weighted by molar-refractivity contribution is 7.91. The summed E-state index contributed by atoms with van der Waals surface area (Å²) in [6.07, 6.45) is 1.40. The van der Waals surface area contributed by atoms with E-state index in [2.05, 4.69) is 4.98 Å². The van der Waals surface area contributed by atoms with Crippen molar-refractivity contribution in [3.63, 3.8) is 0 Å². The number of thiophene rings is 1. The molecule has 0 spiro atoms. The fourth-order valence-corrected chi connectivity index (χ4v) is 6.08. The average Bonchev–Trinajstić information content (AvgIpc) is 3.21. The standard InChI is InChI=1S/C16H15ClN2O3S2/c17-14-5-6-15(23-14)24(20,21)19-9-7-11(8-10-19)16-18-12-3-1-2-4-13(12)22-16/h1-6,11H,7-10H2. The normalized spacial score (nSPS) is 17.5. The van der Waals surface area contributed by atoms with Crippen molar-refractivity contribution >= 4 is 44.1 Å². The zero-order valence-electron chi connectivity index (χ0n) is 12.7. The van der Waals surface area contributed by atoms with Gasteiger partial charge in [0.25, 0.3) is 10.0 Å². The molecule has 0 aliphatic carbocycles. The molecule has 126 valence electrons. The van der Waals surface area contributed by atoms with Crippen molar-refractivity contribution in [2.24, 2.45) is 0 Å². The van der Waals surface area contributed by atoms with Crippen molar-refractivity contribution in [1.82, 2.24) is 9.29 Å². The highest BCUT2D eigenvalue weighted by Crippen LogP contribution is 2.34. The van der Waals surface area contributed by atoms with Crippen LogP contribution in [0.3, 0.4) is 0 Å². The van der Waals surface area contributed by atoms with Gasteiger partial charge in [-0.05, 0) is 37.1 Å². The number of aromatic nitrogens is 1. The molecule has 1 saturated heterocycles. The Balaban J connectivity index is 1.50. The summed E-state index contributed by atoms with van der Waals surface area (Å²) < 4.78 is 33.4. The maximum atomic E-state index is 12.6. The molecule has 24 heavy (non-hydrogen) atoms. The molecule has 3 aromatic rings. The summed E-state index contributed by atoms with van der Waals surface area (Å²) in [6, 6.07) is 10.8. The summed E-state index contributed by atoms with van der Waals surface area (Å²) in [4.78, 5) is 4.54. The Labute approximate surface area is 148 Å². The number of benzene rings is 1. The number of nitrogens with zero attached hydrogens (tertiary/aromatic N) is 2. The van der Waals surface area contributed by atoms with E-state index < -0.39 is 10.0 Å². The van der Waals surface area contributed by atoms with Crippen LogP contribution in [0.5, 0.6) is 0 Å². The minimum absolute atomic E-state index is 0.149. The SMILES string of the molecule is O=S(=O)(c1ccc(Cl)s1)N1CCC(c2nc3ccccc3o2)CC1. The fourth-order valence-electron chi connectivity index (χ4n) is 2.97. The second-order valence-electron chi connectivity index (χ2n) is 5.76. The molecule has 0 radical (unpaired) electrons. The van der Waals surface area contributed by atoms with Gasteiger partial charge in [-0.15, -0.1) is 11.3 Å². The minimum Gasteiger partial charge on any atom is -0.440 e. The molecule has 3 heterocycles. The molecule has 1 fully saturated rings. The van der Waals surface area contributed by atoms with Crippen LogP contribution in [0.1, 0.15) is 24.7 Å². The van der Waals surface area contributed by atoms with Gasteiger partial charge >= 0.3 is 0 Å². The summed E-state index contributed by atoms with van der Waals surface area (Å²) in [6.45, 7) is 0.919.